The molecule has 0 aromatic heterocycles. The SMILES string of the molecule is CC1(C)CCCC1NCC(=O)NC1CCCCCC1. The maximum Gasteiger partial charge on any atom is 0.234 e. The Morgan fingerprint density at radius 2 is 1.74 bits per heavy atom. The molecule has 110 valence electrons. The Balaban J connectivity index is 1.69. The highest BCUT2D eigenvalue weighted by molar-refractivity contribution is 5.78. The van der Waals surface area contributed by atoms with Gasteiger partial charge in [0, 0.05) is 12.1 Å². The number of rotatable bonds is 4. The van der Waals surface area contributed by atoms with Crippen molar-refractivity contribution in [2.75, 3.05) is 6.54 Å². The fraction of sp³-hybridized carbons (Fsp3) is 0.938. The topological polar surface area (TPSA) is 41.1 Å². The van der Waals surface area contributed by atoms with Crippen LogP contribution in [0.25, 0.3) is 0 Å². The molecule has 2 saturated carbocycles. The molecular formula is C16H30N2O. The minimum atomic E-state index is 0.189. The first-order chi connectivity index (χ1) is 9.08. The minimum Gasteiger partial charge on any atom is -0.352 e. The Morgan fingerprint density at radius 1 is 1.05 bits per heavy atom. The number of carbonyl (C=O) groups excluding carboxylic acids is 1. The van der Waals surface area contributed by atoms with Gasteiger partial charge < -0.3 is 10.6 Å². The molecule has 2 aliphatic carbocycles. The Kier molecular flexibility index (Phi) is 5.26. The molecule has 0 spiro atoms. The quantitative estimate of drug-likeness (QED) is 0.768. The predicted octanol–water partition coefficient (Wildman–Crippen LogP) is 2.99. The first-order valence-corrected chi connectivity index (χ1v) is 8.11. The molecule has 2 rings (SSSR count). The summed E-state index contributed by atoms with van der Waals surface area (Å²) < 4.78 is 0. The van der Waals surface area contributed by atoms with Gasteiger partial charge in [0.2, 0.25) is 5.91 Å². The van der Waals surface area contributed by atoms with Gasteiger partial charge in [-0.25, -0.2) is 0 Å². The molecule has 0 saturated heterocycles. The maximum absolute atomic E-state index is 12.0. The zero-order valence-corrected chi connectivity index (χ0v) is 12.6. The van der Waals surface area contributed by atoms with Crippen molar-refractivity contribution in [2.45, 2.75) is 83.7 Å². The molecule has 0 aliphatic heterocycles. The van der Waals surface area contributed by atoms with Gasteiger partial charge in [0.25, 0.3) is 0 Å². The van der Waals surface area contributed by atoms with Gasteiger partial charge in [-0.2, -0.15) is 0 Å². The van der Waals surface area contributed by atoms with Gasteiger partial charge in [-0.3, -0.25) is 4.79 Å². The van der Waals surface area contributed by atoms with Gasteiger partial charge in [0.05, 0.1) is 6.54 Å². The van der Waals surface area contributed by atoms with E-state index in [1.807, 2.05) is 0 Å². The van der Waals surface area contributed by atoms with Crippen molar-refractivity contribution in [3.05, 3.63) is 0 Å². The Morgan fingerprint density at radius 3 is 2.32 bits per heavy atom. The van der Waals surface area contributed by atoms with Crippen LogP contribution in [-0.2, 0) is 4.79 Å². The summed E-state index contributed by atoms with van der Waals surface area (Å²) in [5, 5.41) is 6.67. The van der Waals surface area contributed by atoms with E-state index in [2.05, 4.69) is 24.5 Å². The fourth-order valence-corrected chi connectivity index (χ4v) is 3.62. The van der Waals surface area contributed by atoms with Crippen molar-refractivity contribution in [1.82, 2.24) is 10.6 Å². The predicted molar refractivity (Wildman–Crippen MR) is 79.1 cm³/mol. The van der Waals surface area contributed by atoms with Crippen LogP contribution in [0.1, 0.15) is 71.6 Å². The van der Waals surface area contributed by atoms with Crippen LogP contribution in [0.4, 0.5) is 0 Å². The highest BCUT2D eigenvalue weighted by atomic mass is 16.1. The highest BCUT2D eigenvalue weighted by Gasteiger charge is 2.34. The van der Waals surface area contributed by atoms with Crippen molar-refractivity contribution >= 4 is 5.91 Å². The van der Waals surface area contributed by atoms with Crippen molar-refractivity contribution in [1.29, 1.82) is 0 Å². The third-order valence-corrected chi connectivity index (χ3v) is 4.99. The standard InChI is InChI=1S/C16H30N2O/c1-16(2)11-7-10-14(16)17-12-15(19)18-13-8-5-3-4-6-9-13/h13-14,17H,3-12H2,1-2H3,(H,18,19). The third-order valence-electron chi connectivity index (χ3n) is 4.99. The molecule has 2 aliphatic rings. The van der Waals surface area contributed by atoms with E-state index >= 15 is 0 Å². The average molecular weight is 266 g/mol. The van der Waals surface area contributed by atoms with Crippen LogP contribution in [0.15, 0.2) is 0 Å². The third kappa shape index (κ3) is 4.48. The Hall–Kier alpha value is -0.570. The summed E-state index contributed by atoms with van der Waals surface area (Å²) in [4.78, 5) is 12.0. The van der Waals surface area contributed by atoms with Crippen LogP contribution in [-0.4, -0.2) is 24.5 Å². The van der Waals surface area contributed by atoms with Gasteiger partial charge in [-0.1, -0.05) is 46.0 Å². The van der Waals surface area contributed by atoms with Crippen molar-refractivity contribution in [2.24, 2.45) is 5.41 Å². The smallest absolute Gasteiger partial charge is 0.234 e. The molecule has 3 nitrogen and oxygen atoms in total. The molecule has 1 amide bonds. The number of nitrogens with one attached hydrogen (secondary N) is 2. The summed E-state index contributed by atoms with van der Waals surface area (Å²) in [6.07, 6.45) is 11.3. The lowest BCUT2D eigenvalue weighted by atomic mass is 9.87. The van der Waals surface area contributed by atoms with E-state index < -0.39 is 0 Å². The molecule has 0 aromatic carbocycles. The molecule has 1 unspecified atom stereocenters. The second-order valence-corrected chi connectivity index (χ2v) is 7.07. The normalized spacial score (nSPS) is 28.0. The maximum atomic E-state index is 12.0. The molecule has 2 N–H and O–H groups in total. The summed E-state index contributed by atoms with van der Waals surface area (Å²) in [5.41, 5.74) is 0.350. The summed E-state index contributed by atoms with van der Waals surface area (Å²) in [7, 11) is 0. The monoisotopic (exact) mass is 266 g/mol. The summed E-state index contributed by atoms with van der Waals surface area (Å²) in [6.45, 7) is 5.10. The molecule has 0 aromatic rings. The van der Waals surface area contributed by atoms with Crippen LogP contribution in [0, 0.1) is 5.41 Å². The van der Waals surface area contributed by atoms with Crippen LogP contribution in [0.3, 0.4) is 0 Å². The van der Waals surface area contributed by atoms with E-state index in [1.54, 1.807) is 0 Å². The molecule has 19 heavy (non-hydrogen) atoms. The molecule has 1 atom stereocenters. The molecule has 3 heteroatoms. The Labute approximate surface area is 117 Å². The fourth-order valence-electron chi connectivity index (χ4n) is 3.62. The van der Waals surface area contributed by atoms with E-state index in [-0.39, 0.29) is 5.91 Å². The van der Waals surface area contributed by atoms with Crippen LogP contribution >= 0.6 is 0 Å². The van der Waals surface area contributed by atoms with Crippen LogP contribution < -0.4 is 10.6 Å². The zero-order valence-electron chi connectivity index (χ0n) is 12.6. The van der Waals surface area contributed by atoms with E-state index in [4.69, 9.17) is 0 Å². The first kappa shape index (κ1) is 14.8. The lowest BCUT2D eigenvalue weighted by Crippen LogP contribution is -2.45. The van der Waals surface area contributed by atoms with Crippen molar-refractivity contribution in [3.8, 4) is 0 Å². The lowest BCUT2D eigenvalue weighted by molar-refractivity contribution is -0.121. The second kappa shape index (κ2) is 6.74. The molecule has 2 fully saturated rings. The molecule has 0 radical (unpaired) electrons. The van der Waals surface area contributed by atoms with Gasteiger partial charge >= 0.3 is 0 Å². The summed E-state index contributed by atoms with van der Waals surface area (Å²) in [6, 6.07) is 0.931. The van der Waals surface area contributed by atoms with Crippen molar-refractivity contribution in [3.63, 3.8) is 0 Å². The van der Waals surface area contributed by atoms with E-state index in [9.17, 15) is 4.79 Å². The number of hydrogen-bond acceptors (Lipinski definition) is 2. The van der Waals surface area contributed by atoms with Crippen LogP contribution in [0.5, 0.6) is 0 Å². The number of hydrogen-bond donors (Lipinski definition) is 2. The zero-order chi connectivity index (χ0) is 13.7. The lowest BCUT2D eigenvalue weighted by Gasteiger charge is -2.28. The largest absolute Gasteiger partial charge is 0.352 e. The average Bonchev–Trinajstić information content (AvgIpc) is 2.54. The van der Waals surface area contributed by atoms with Gasteiger partial charge in [-0.05, 0) is 31.1 Å². The second-order valence-electron chi connectivity index (χ2n) is 7.07. The highest BCUT2D eigenvalue weighted by Crippen LogP contribution is 2.36. The van der Waals surface area contributed by atoms with Crippen molar-refractivity contribution < 1.29 is 4.79 Å². The van der Waals surface area contributed by atoms with Gasteiger partial charge in [0.15, 0.2) is 0 Å². The van der Waals surface area contributed by atoms with E-state index in [0.29, 0.717) is 24.0 Å². The minimum absolute atomic E-state index is 0.189. The molecule has 0 bridgehead atoms. The summed E-state index contributed by atoms with van der Waals surface area (Å²) >= 11 is 0. The first-order valence-electron chi connectivity index (χ1n) is 8.11. The van der Waals surface area contributed by atoms with E-state index in [0.717, 1.165) is 0 Å². The number of amides is 1. The summed E-state index contributed by atoms with van der Waals surface area (Å²) in [5.74, 6) is 0.189. The molecular weight excluding hydrogens is 236 g/mol. The molecule has 0 heterocycles. The Bertz CT molecular complexity index is 293. The van der Waals surface area contributed by atoms with Gasteiger partial charge in [-0.15, -0.1) is 0 Å². The van der Waals surface area contributed by atoms with E-state index in [1.165, 1.54) is 57.8 Å². The van der Waals surface area contributed by atoms with Crippen LogP contribution in [0.2, 0.25) is 0 Å². The van der Waals surface area contributed by atoms with Gasteiger partial charge in [0.1, 0.15) is 0 Å². The number of carbonyl (C=O) groups is 1.